The zero-order valence-electron chi connectivity index (χ0n) is 10.5. The highest BCUT2D eigenvalue weighted by atomic mass is 79.9. The topological polar surface area (TPSA) is 22.1 Å². The second kappa shape index (κ2) is 5.59. The minimum absolute atomic E-state index is 0.180. The van der Waals surface area contributed by atoms with Gasteiger partial charge in [-0.1, -0.05) is 40.2 Å². The third-order valence-corrected chi connectivity index (χ3v) is 3.47. The van der Waals surface area contributed by atoms with Gasteiger partial charge in [0.1, 0.15) is 18.2 Å². The molecule has 3 rings (SSSR count). The predicted octanol–water partition coefficient (Wildman–Crippen LogP) is 4.72. The largest absolute Gasteiger partial charge is 0.487 e. The van der Waals surface area contributed by atoms with Crippen LogP contribution < -0.4 is 4.74 Å². The van der Waals surface area contributed by atoms with Crippen molar-refractivity contribution in [3.05, 3.63) is 70.6 Å². The molecule has 4 heteroatoms. The van der Waals surface area contributed by atoms with E-state index < -0.39 is 0 Å². The molecular formula is C16H11BrFNO. The van der Waals surface area contributed by atoms with Crippen molar-refractivity contribution in [3.63, 3.8) is 0 Å². The van der Waals surface area contributed by atoms with Crippen molar-refractivity contribution in [2.45, 2.75) is 6.61 Å². The van der Waals surface area contributed by atoms with Gasteiger partial charge in [0.15, 0.2) is 0 Å². The molecule has 1 heterocycles. The maximum Gasteiger partial charge on any atom is 0.138 e. The number of para-hydroxylation sites is 1. The summed E-state index contributed by atoms with van der Waals surface area (Å²) in [6, 6.07) is 14.6. The van der Waals surface area contributed by atoms with Crippen LogP contribution in [0.2, 0.25) is 0 Å². The van der Waals surface area contributed by atoms with E-state index in [-0.39, 0.29) is 12.4 Å². The van der Waals surface area contributed by atoms with Gasteiger partial charge in [0.25, 0.3) is 0 Å². The van der Waals surface area contributed by atoms with Crippen LogP contribution in [0.25, 0.3) is 10.9 Å². The van der Waals surface area contributed by atoms with Crippen molar-refractivity contribution in [1.82, 2.24) is 4.98 Å². The smallest absolute Gasteiger partial charge is 0.138 e. The van der Waals surface area contributed by atoms with Gasteiger partial charge in [0.2, 0.25) is 0 Å². The van der Waals surface area contributed by atoms with Crippen LogP contribution in [0.4, 0.5) is 4.39 Å². The van der Waals surface area contributed by atoms with Crippen LogP contribution in [-0.4, -0.2) is 4.98 Å². The summed E-state index contributed by atoms with van der Waals surface area (Å²) < 4.78 is 20.0. The summed E-state index contributed by atoms with van der Waals surface area (Å²) in [6.45, 7) is 0.180. The Morgan fingerprint density at radius 3 is 2.80 bits per heavy atom. The Morgan fingerprint density at radius 1 is 1.10 bits per heavy atom. The van der Waals surface area contributed by atoms with E-state index in [2.05, 4.69) is 20.9 Å². The molecule has 0 aliphatic rings. The minimum Gasteiger partial charge on any atom is -0.487 e. The summed E-state index contributed by atoms with van der Waals surface area (Å²) in [7, 11) is 0. The number of rotatable bonds is 3. The number of hydrogen-bond acceptors (Lipinski definition) is 2. The zero-order valence-corrected chi connectivity index (χ0v) is 12.1. The fourth-order valence-corrected chi connectivity index (χ4v) is 2.26. The molecule has 0 saturated heterocycles. The van der Waals surface area contributed by atoms with E-state index in [9.17, 15) is 4.39 Å². The lowest BCUT2D eigenvalue weighted by Gasteiger charge is -2.08. The van der Waals surface area contributed by atoms with E-state index in [4.69, 9.17) is 4.74 Å². The average Bonchev–Trinajstić information content (AvgIpc) is 2.46. The number of ether oxygens (including phenoxy) is 1. The van der Waals surface area contributed by atoms with E-state index >= 15 is 0 Å². The number of halogens is 2. The maximum atomic E-state index is 13.7. The van der Waals surface area contributed by atoms with Crippen molar-refractivity contribution < 1.29 is 9.13 Å². The molecule has 0 amide bonds. The Bertz CT molecular complexity index is 760. The lowest BCUT2D eigenvalue weighted by molar-refractivity contribution is 0.299. The molecule has 100 valence electrons. The molecule has 2 nitrogen and oxygen atoms in total. The first-order valence-corrected chi connectivity index (χ1v) is 6.93. The number of benzene rings is 2. The summed E-state index contributed by atoms with van der Waals surface area (Å²) in [5.74, 6) is 0.346. The van der Waals surface area contributed by atoms with Crippen LogP contribution in [0, 0.1) is 5.82 Å². The Morgan fingerprint density at radius 2 is 1.95 bits per heavy atom. The number of hydrogen-bond donors (Lipinski definition) is 0. The Kier molecular flexibility index (Phi) is 3.65. The van der Waals surface area contributed by atoms with Crippen LogP contribution >= 0.6 is 15.9 Å². The summed E-state index contributed by atoms with van der Waals surface area (Å²) >= 11 is 3.23. The van der Waals surface area contributed by atoms with Gasteiger partial charge in [-0.15, -0.1) is 0 Å². The molecule has 2 aromatic carbocycles. The normalized spacial score (nSPS) is 10.7. The molecule has 0 unspecified atom stereocenters. The van der Waals surface area contributed by atoms with Crippen molar-refractivity contribution in [1.29, 1.82) is 0 Å². The van der Waals surface area contributed by atoms with Crippen LogP contribution in [0.15, 0.2) is 59.2 Å². The number of aromatic nitrogens is 1. The average molecular weight is 332 g/mol. The molecule has 0 N–H and O–H groups in total. The van der Waals surface area contributed by atoms with Crippen molar-refractivity contribution >= 4 is 26.8 Å². The number of fused-ring (bicyclic) bond motifs is 1. The minimum atomic E-state index is -0.284. The molecule has 0 fully saturated rings. The molecular weight excluding hydrogens is 321 g/mol. The number of pyridine rings is 1. The van der Waals surface area contributed by atoms with E-state index in [1.54, 1.807) is 18.3 Å². The zero-order chi connectivity index (χ0) is 13.9. The van der Waals surface area contributed by atoms with Gasteiger partial charge in [-0.3, -0.25) is 4.98 Å². The van der Waals surface area contributed by atoms with E-state index in [0.717, 1.165) is 10.9 Å². The third kappa shape index (κ3) is 2.80. The molecule has 3 aromatic rings. The second-order valence-electron chi connectivity index (χ2n) is 4.39. The van der Waals surface area contributed by atoms with Gasteiger partial charge in [0, 0.05) is 15.4 Å². The SMILES string of the molecule is Fc1cc(Br)ccc1COc1cnc2ccccc2c1. The molecule has 20 heavy (non-hydrogen) atoms. The van der Waals surface area contributed by atoms with Crippen LogP contribution in [0.1, 0.15) is 5.56 Å². The molecule has 1 aromatic heterocycles. The van der Waals surface area contributed by atoms with Crippen LogP contribution in [0.5, 0.6) is 5.75 Å². The molecule has 0 saturated carbocycles. The molecule has 0 radical (unpaired) electrons. The lowest BCUT2D eigenvalue weighted by atomic mass is 10.2. The van der Waals surface area contributed by atoms with Gasteiger partial charge in [-0.2, -0.15) is 0 Å². The van der Waals surface area contributed by atoms with Gasteiger partial charge >= 0.3 is 0 Å². The quantitative estimate of drug-likeness (QED) is 0.693. The van der Waals surface area contributed by atoms with Gasteiger partial charge in [0.05, 0.1) is 11.7 Å². The third-order valence-electron chi connectivity index (χ3n) is 2.97. The van der Waals surface area contributed by atoms with E-state index in [1.807, 2.05) is 30.3 Å². The molecule has 0 aliphatic heterocycles. The lowest BCUT2D eigenvalue weighted by Crippen LogP contribution is -1.98. The fourth-order valence-electron chi connectivity index (χ4n) is 1.93. The highest BCUT2D eigenvalue weighted by Gasteiger charge is 2.04. The Balaban J connectivity index is 1.79. The first kappa shape index (κ1) is 13.1. The van der Waals surface area contributed by atoms with E-state index in [1.165, 1.54) is 6.07 Å². The monoisotopic (exact) mass is 331 g/mol. The first-order chi connectivity index (χ1) is 9.72. The molecule has 0 aliphatic carbocycles. The molecule has 0 spiro atoms. The van der Waals surface area contributed by atoms with Gasteiger partial charge in [-0.05, 0) is 24.3 Å². The van der Waals surface area contributed by atoms with Crippen LogP contribution in [0.3, 0.4) is 0 Å². The van der Waals surface area contributed by atoms with Crippen LogP contribution in [-0.2, 0) is 6.61 Å². The Hall–Kier alpha value is -1.94. The number of nitrogens with zero attached hydrogens (tertiary/aromatic N) is 1. The Labute approximate surface area is 124 Å². The second-order valence-corrected chi connectivity index (χ2v) is 5.30. The van der Waals surface area contributed by atoms with E-state index in [0.29, 0.717) is 15.8 Å². The highest BCUT2D eigenvalue weighted by Crippen LogP contribution is 2.20. The summed E-state index contributed by atoms with van der Waals surface area (Å²) in [5, 5.41) is 1.00. The highest BCUT2D eigenvalue weighted by molar-refractivity contribution is 9.10. The summed E-state index contributed by atoms with van der Waals surface area (Å²) in [6.07, 6.45) is 1.65. The van der Waals surface area contributed by atoms with Crippen molar-refractivity contribution in [3.8, 4) is 5.75 Å². The summed E-state index contributed by atoms with van der Waals surface area (Å²) in [5.41, 5.74) is 1.43. The van der Waals surface area contributed by atoms with Crippen molar-refractivity contribution in [2.75, 3.05) is 0 Å². The summed E-state index contributed by atoms with van der Waals surface area (Å²) in [4.78, 5) is 4.30. The first-order valence-electron chi connectivity index (χ1n) is 6.14. The molecule has 0 atom stereocenters. The van der Waals surface area contributed by atoms with Crippen molar-refractivity contribution in [2.24, 2.45) is 0 Å². The maximum absolute atomic E-state index is 13.7. The molecule has 0 bridgehead atoms. The fraction of sp³-hybridized carbons (Fsp3) is 0.0625. The predicted molar refractivity (Wildman–Crippen MR) is 80.2 cm³/mol. The van der Waals surface area contributed by atoms with Gasteiger partial charge in [-0.25, -0.2) is 4.39 Å². The standard InChI is InChI=1S/C16H11BrFNO/c17-13-6-5-12(15(18)8-13)10-20-14-7-11-3-1-2-4-16(11)19-9-14/h1-9H,10H2. The van der Waals surface area contributed by atoms with Gasteiger partial charge < -0.3 is 4.74 Å².